The van der Waals surface area contributed by atoms with Crippen LogP contribution in [0, 0.1) is 0 Å². The normalized spacial score (nSPS) is 12.7. The molecule has 1 aromatic heterocycles. The molecule has 0 amide bonds. The van der Waals surface area contributed by atoms with Crippen molar-refractivity contribution >= 4 is 32.6 Å². The van der Waals surface area contributed by atoms with E-state index >= 15 is 0 Å². The van der Waals surface area contributed by atoms with Crippen molar-refractivity contribution in [2.24, 2.45) is 0 Å². The van der Waals surface area contributed by atoms with E-state index in [2.05, 4.69) is 47.2 Å². The first-order chi connectivity index (χ1) is 9.33. The van der Waals surface area contributed by atoms with Crippen LogP contribution < -0.4 is 0 Å². The first kappa shape index (κ1) is 12.6. The summed E-state index contributed by atoms with van der Waals surface area (Å²) in [6.45, 7) is 2.22. The van der Waals surface area contributed by atoms with E-state index in [4.69, 9.17) is 0 Å². The molecular formula is C15H14N2S2. The molecule has 1 unspecified atom stereocenters. The predicted octanol–water partition coefficient (Wildman–Crippen LogP) is 5.06. The highest BCUT2D eigenvalue weighted by atomic mass is 33.1. The average molecular weight is 286 g/mol. The number of para-hydroxylation sites is 2. The number of nitrogens with one attached hydrogen (secondary N) is 1. The monoisotopic (exact) mass is 286 g/mol. The van der Waals surface area contributed by atoms with E-state index < -0.39 is 0 Å². The summed E-state index contributed by atoms with van der Waals surface area (Å²) in [6, 6.07) is 18.7. The smallest absolute Gasteiger partial charge is 0.177 e. The first-order valence-corrected chi connectivity index (χ1v) is 8.37. The molecule has 0 aliphatic heterocycles. The minimum atomic E-state index is 0.444. The molecule has 3 rings (SSSR count). The molecule has 0 saturated carbocycles. The van der Waals surface area contributed by atoms with Crippen molar-refractivity contribution in [3.05, 3.63) is 60.2 Å². The summed E-state index contributed by atoms with van der Waals surface area (Å²) in [5, 5.41) is 1.41. The van der Waals surface area contributed by atoms with Crippen molar-refractivity contribution in [3.8, 4) is 0 Å². The number of hydrogen-bond acceptors (Lipinski definition) is 3. The van der Waals surface area contributed by atoms with Gasteiger partial charge in [-0.2, -0.15) is 0 Å². The Morgan fingerprint density at radius 2 is 1.74 bits per heavy atom. The molecule has 2 nitrogen and oxygen atoms in total. The summed E-state index contributed by atoms with van der Waals surface area (Å²) in [7, 11) is 3.52. The molecular weight excluding hydrogens is 272 g/mol. The topological polar surface area (TPSA) is 28.7 Å². The minimum Gasteiger partial charge on any atom is -0.332 e. The summed E-state index contributed by atoms with van der Waals surface area (Å²) >= 11 is 0. The molecule has 3 aromatic rings. The third-order valence-electron chi connectivity index (χ3n) is 2.91. The van der Waals surface area contributed by atoms with Crippen LogP contribution in [0.1, 0.15) is 17.7 Å². The number of fused-ring (bicyclic) bond motifs is 1. The summed E-state index contributed by atoms with van der Waals surface area (Å²) in [6.07, 6.45) is 0. The zero-order valence-electron chi connectivity index (χ0n) is 10.5. The zero-order valence-corrected chi connectivity index (χ0v) is 12.2. The van der Waals surface area contributed by atoms with Crippen molar-refractivity contribution in [2.45, 2.75) is 17.3 Å². The van der Waals surface area contributed by atoms with E-state index in [-0.39, 0.29) is 0 Å². The van der Waals surface area contributed by atoms with Crippen LogP contribution in [-0.2, 0) is 0 Å². The molecule has 0 aliphatic carbocycles. The summed E-state index contributed by atoms with van der Waals surface area (Å²) in [4.78, 5) is 7.90. The Balaban J connectivity index is 1.69. The van der Waals surface area contributed by atoms with Crippen LogP contribution in [0.5, 0.6) is 0 Å². The summed E-state index contributed by atoms with van der Waals surface area (Å²) in [5.41, 5.74) is 3.46. The summed E-state index contributed by atoms with van der Waals surface area (Å²) < 4.78 is 0. The quantitative estimate of drug-likeness (QED) is 0.679. The molecule has 1 atom stereocenters. The van der Waals surface area contributed by atoms with E-state index in [1.807, 2.05) is 35.1 Å². The maximum atomic E-state index is 4.56. The SMILES string of the molecule is CC(SSc1nc2ccccc2[nH]1)c1ccccc1. The van der Waals surface area contributed by atoms with Crippen molar-refractivity contribution in [1.29, 1.82) is 0 Å². The van der Waals surface area contributed by atoms with Crippen LogP contribution in [0.3, 0.4) is 0 Å². The molecule has 19 heavy (non-hydrogen) atoms. The van der Waals surface area contributed by atoms with E-state index in [0.29, 0.717) is 5.25 Å². The molecule has 2 aromatic carbocycles. The van der Waals surface area contributed by atoms with Crippen LogP contribution in [0.2, 0.25) is 0 Å². The minimum absolute atomic E-state index is 0.444. The number of aromatic amines is 1. The molecule has 4 heteroatoms. The van der Waals surface area contributed by atoms with Gasteiger partial charge in [0.05, 0.1) is 11.0 Å². The maximum Gasteiger partial charge on any atom is 0.177 e. The van der Waals surface area contributed by atoms with Gasteiger partial charge in [-0.25, -0.2) is 4.98 Å². The van der Waals surface area contributed by atoms with Gasteiger partial charge in [-0.3, -0.25) is 0 Å². The number of imidazole rings is 1. The molecule has 0 aliphatic rings. The van der Waals surface area contributed by atoms with Crippen molar-refractivity contribution in [3.63, 3.8) is 0 Å². The lowest BCUT2D eigenvalue weighted by atomic mass is 10.2. The van der Waals surface area contributed by atoms with Crippen LogP contribution in [0.25, 0.3) is 11.0 Å². The Hall–Kier alpha value is -1.39. The van der Waals surface area contributed by atoms with Gasteiger partial charge >= 0.3 is 0 Å². The Bertz CT molecular complexity index is 631. The molecule has 1 N–H and O–H groups in total. The highest BCUT2D eigenvalue weighted by molar-refractivity contribution is 8.76. The van der Waals surface area contributed by atoms with Crippen molar-refractivity contribution < 1.29 is 0 Å². The number of H-pyrrole nitrogens is 1. The van der Waals surface area contributed by atoms with E-state index in [1.54, 1.807) is 10.8 Å². The van der Waals surface area contributed by atoms with Gasteiger partial charge in [-0.15, -0.1) is 0 Å². The third kappa shape index (κ3) is 2.96. The van der Waals surface area contributed by atoms with Gasteiger partial charge in [0.15, 0.2) is 5.16 Å². The van der Waals surface area contributed by atoms with Crippen LogP contribution in [-0.4, -0.2) is 9.97 Å². The van der Waals surface area contributed by atoms with Gasteiger partial charge in [0, 0.05) is 5.25 Å². The number of aromatic nitrogens is 2. The number of benzene rings is 2. The zero-order chi connectivity index (χ0) is 13.1. The number of nitrogens with zero attached hydrogens (tertiary/aromatic N) is 1. The maximum absolute atomic E-state index is 4.56. The van der Waals surface area contributed by atoms with Gasteiger partial charge in [0.1, 0.15) is 0 Å². The Labute approximate surface area is 120 Å². The van der Waals surface area contributed by atoms with E-state index in [0.717, 1.165) is 16.2 Å². The second kappa shape index (κ2) is 5.72. The molecule has 0 saturated heterocycles. The van der Waals surface area contributed by atoms with Crippen LogP contribution in [0.4, 0.5) is 0 Å². The second-order valence-electron chi connectivity index (χ2n) is 4.29. The van der Waals surface area contributed by atoms with Gasteiger partial charge in [-0.05, 0) is 35.4 Å². The van der Waals surface area contributed by atoms with E-state index in [9.17, 15) is 0 Å². The molecule has 0 fully saturated rings. The Kier molecular flexibility index (Phi) is 3.80. The number of rotatable bonds is 4. The molecule has 96 valence electrons. The second-order valence-corrected chi connectivity index (χ2v) is 6.82. The average Bonchev–Trinajstić information content (AvgIpc) is 2.88. The van der Waals surface area contributed by atoms with Crippen LogP contribution >= 0.6 is 21.6 Å². The lowest BCUT2D eigenvalue weighted by Crippen LogP contribution is -1.84. The summed E-state index contributed by atoms with van der Waals surface area (Å²) in [5.74, 6) is 0. The lowest BCUT2D eigenvalue weighted by Gasteiger charge is -2.08. The van der Waals surface area contributed by atoms with Crippen molar-refractivity contribution in [1.82, 2.24) is 9.97 Å². The van der Waals surface area contributed by atoms with Crippen molar-refractivity contribution in [2.75, 3.05) is 0 Å². The highest BCUT2D eigenvalue weighted by Crippen LogP contribution is 2.41. The fraction of sp³-hybridized carbons (Fsp3) is 0.133. The Morgan fingerprint density at radius 1 is 1.00 bits per heavy atom. The first-order valence-electron chi connectivity index (χ1n) is 6.16. The van der Waals surface area contributed by atoms with Gasteiger partial charge in [0.2, 0.25) is 0 Å². The van der Waals surface area contributed by atoms with Gasteiger partial charge in [0.25, 0.3) is 0 Å². The number of hydrogen-bond donors (Lipinski definition) is 1. The van der Waals surface area contributed by atoms with E-state index in [1.165, 1.54) is 5.56 Å². The third-order valence-corrected chi connectivity index (χ3v) is 5.54. The molecule has 0 spiro atoms. The van der Waals surface area contributed by atoms with Gasteiger partial charge < -0.3 is 4.98 Å². The fourth-order valence-corrected chi connectivity index (χ4v) is 3.93. The fourth-order valence-electron chi connectivity index (χ4n) is 1.87. The van der Waals surface area contributed by atoms with Crippen LogP contribution in [0.15, 0.2) is 59.8 Å². The lowest BCUT2D eigenvalue weighted by molar-refractivity contribution is 1.09. The standard InChI is InChI=1S/C15H14N2S2/c1-11(12-7-3-2-4-8-12)18-19-15-16-13-9-5-6-10-14(13)17-15/h2-11H,1H3,(H,16,17). The molecule has 0 bridgehead atoms. The van der Waals surface area contributed by atoms with Gasteiger partial charge in [-0.1, -0.05) is 53.3 Å². The Morgan fingerprint density at radius 3 is 2.53 bits per heavy atom. The highest BCUT2D eigenvalue weighted by Gasteiger charge is 2.09. The predicted molar refractivity (Wildman–Crippen MR) is 84.4 cm³/mol. The molecule has 1 heterocycles. The molecule has 0 radical (unpaired) electrons. The largest absolute Gasteiger partial charge is 0.332 e.